The maximum Gasteiger partial charge on any atom is 0.230 e. The summed E-state index contributed by atoms with van der Waals surface area (Å²) in [5.74, 6) is 1.24. The lowest BCUT2D eigenvalue weighted by atomic mass is 10.1. The number of likely N-dealkylation sites (tertiary alicyclic amines) is 1. The highest BCUT2D eigenvalue weighted by molar-refractivity contribution is 8.08. The molecule has 3 rings (SSSR count). The molecule has 2 aliphatic heterocycles. The van der Waals surface area contributed by atoms with E-state index in [1.807, 2.05) is 17.2 Å². The maximum atomic E-state index is 12.4. The first-order valence-corrected chi connectivity index (χ1v) is 7.87. The van der Waals surface area contributed by atoms with Crippen molar-refractivity contribution in [1.29, 1.82) is 0 Å². The molecule has 4 heteroatoms. The molecule has 0 saturated carbocycles. The Balaban J connectivity index is 1.70. The Morgan fingerprint density at radius 1 is 1.32 bits per heavy atom. The van der Waals surface area contributed by atoms with Crippen LogP contribution in [0.5, 0.6) is 0 Å². The van der Waals surface area contributed by atoms with Crippen LogP contribution >= 0.6 is 11.8 Å². The second kappa shape index (κ2) is 5.78. The van der Waals surface area contributed by atoms with Crippen LogP contribution in [0.2, 0.25) is 0 Å². The molecule has 1 amide bonds. The summed E-state index contributed by atoms with van der Waals surface area (Å²) in [6.45, 7) is 1.88. The first-order valence-electron chi connectivity index (χ1n) is 6.88. The monoisotopic (exact) mass is 274 g/mol. The fourth-order valence-electron chi connectivity index (χ4n) is 2.64. The lowest BCUT2D eigenvalue weighted by molar-refractivity contribution is -0.134. The molecule has 0 spiro atoms. The fourth-order valence-corrected chi connectivity index (χ4v) is 3.78. The summed E-state index contributed by atoms with van der Waals surface area (Å²) in [6, 6.07) is 4.00. The van der Waals surface area contributed by atoms with Crippen molar-refractivity contribution in [3.05, 3.63) is 36.2 Å². The second-order valence-electron chi connectivity index (χ2n) is 5.08. The molecule has 1 fully saturated rings. The molecular formula is C15H18N2OS. The highest BCUT2D eigenvalue weighted by Crippen LogP contribution is 2.37. The summed E-state index contributed by atoms with van der Waals surface area (Å²) in [6.07, 6.45) is 9.35. The number of carbonyl (C=O) groups excluding carboxylic acids is 1. The number of thioether (sulfide) groups is 1. The summed E-state index contributed by atoms with van der Waals surface area (Å²) in [5, 5.41) is 0. The van der Waals surface area contributed by atoms with Crippen LogP contribution in [0.15, 0.2) is 30.6 Å². The first-order chi connectivity index (χ1) is 9.34. The molecule has 1 atom stereocenters. The number of pyridine rings is 1. The maximum absolute atomic E-state index is 12.4. The summed E-state index contributed by atoms with van der Waals surface area (Å²) in [4.78, 5) is 19.8. The van der Waals surface area contributed by atoms with Gasteiger partial charge in [0, 0.05) is 41.7 Å². The van der Waals surface area contributed by atoms with Crippen molar-refractivity contribution in [2.45, 2.75) is 19.3 Å². The number of carbonyl (C=O) groups is 1. The highest BCUT2D eigenvalue weighted by atomic mass is 32.2. The zero-order chi connectivity index (χ0) is 13.1. The largest absolute Gasteiger partial charge is 0.342 e. The number of rotatable bonds is 2. The predicted octanol–water partition coefficient (Wildman–Crippen LogP) is 2.80. The van der Waals surface area contributed by atoms with Crippen LogP contribution in [-0.4, -0.2) is 34.6 Å². The number of piperidine rings is 1. The quantitative estimate of drug-likeness (QED) is 0.831. The van der Waals surface area contributed by atoms with E-state index in [0.717, 1.165) is 37.2 Å². The van der Waals surface area contributed by atoms with Crippen molar-refractivity contribution in [3.63, 3.8) is 0 Å². The second-order valence-corrected chi connectivity index (χ2v) is 6.14. The van der Waals surface area contributed by atoms with Crippen LogP contribution in [-0.2, 0) is 4.79 Å². The van der Waals surface area contributed by atoms with E-state index in [9.17, 15) is 4.79 Å². The van der Waals surface area contributed by atoms with E-state index in [4.69, 9.17) is 0 Å². The molecule has 0 aliphatic carbocycles. The van der Waals surface area contributed by atoms with Crippen LogP contribution in [0.4, 0.5) is 0 Å². The van der Waals surface area contributed by atoms with E-state index in [0.29, 0.717) is 5.91 Å². The Morgan fingerprint density at radius 3 is 2.89 bits per heavy atom. The Morgan fingerprint density at radius 2 is 2.16 bits per heavy atom. The summed E-state index contributed by atoms with van der Waals surface area (Å²) < 4.78 is 0. The Labute approximate surface area is 118 Å². The van der Waals surface area contributed by atoms with Gasteiger partial charge < -0.3 is 4.90 Å². The standard InChI is InChI=1S/C15H18N2OS/c18-15(17-7-2-1-3-8-17)13-9-14(19-11-13)12-5-4-6-16-10-12/h4-6,9-10,13H,1-3,7-8,11H2. The number of aromatic nitrogens is 1. The van der Waals surface area contributed by atoms with E-state index in [2.05, 4.69) is 17.1 Å². The van der Waals surface area contributed by atoms with Crippen molar-refractivity contribution in [2.75, 3.05) is 18.8 Å². The number of hydrogen-bond acceptors (Lipinski definition) is 3. The predicted molar refractivity (Wildman–Crippen MR) is 78.6 cm³/mol. The third-order valence-electron chi connectivity index (χ3n) is 3.70. The van der Waals surface area contributed by atoms with Gasteiger partial charge in [-0.1, -0.05) is 12.1 Å². The zero-order valence-electron chi connectivity index (χ0n) is 10.9. The summed E-state index contributed by atoms with van der Waals surface area (Å²) in [7, 11) is 0. The van der Waals surface area contributed by atoms with Gasteiger partial charge in [-0.2, -0.15) is 0 Å². The first kappa shape index (κ1) is 12.7. The number of hydrogen-bond donors (Lipinski definition) is 0. The van der Waals surface area contributed by atoms with Gasteiger partial charge in [-0.25, -0.2) is 0 Å². The minimum absolute atomic E-state index is 0.0540. The minimum Gasteiger partial charge on any atom is -0.342 e. The fraction of sp³-hybridized carbons (Fsp3) is 0.467. The average molecular weight is 274 g/mol. The molecule has 0 bridgehead atoms. The molecule has 0 aromatic carbocycles. The van der Waals surface area contributed by atoms with Crippen molar-refractivity contribution >= 4 is 22.6 Å². The highest BCUT2D eigenvalue weighted by Gasteiger charge is 2.28. The zero-order valence-corrected chi connectivity index (χ0v) is 11.7. The number of nitrogens with zero attached hydrogens (tertiary/aromatic N) is 2. The van der Waals surface area contributed by atoms with Crippen molar-refractivity contribution in [3.8, 4) is 0 Å². The summed E-state index contributed by atoms with van der Waals surface area (Å²) >= 11 is 1.77. The van der Waals surface area contributed by atoms with Crippen molar-refractivity contribution in [1.82, 2.24) is 9.88 Å². The lowest BCUT2D eigenvalue weighted by Gasteiger charge is -2.28. The van der Waals surface area contributed by atoms with Gasteiger partial charge in [0.25, 0.3) is 0 Å². The van der Waals surface area contributed by atoms with E-state index >= 15 is 0 Å². The van der Waals surface area contributed by atoms with Crippen molar-refractivity contribution in [2.24, 2.45) is 5.92 Å². The topological polar surface area (TPSA) is 33.2 Å². The normalized spacial score (nSPS) is 23.3. The van der Waals surface area contributed by atoms with Crippen LogP contribution < -0.4 is 0 Å². The SMILES string of the molecule is O=C(C1C=C(c2cccnc2)SC1)N1CCCCC1. The number of amides is 1. The molecule has 1 saturated heterocycles. The van der Waals surface area contributed by atoms with Gasteiger partial charge in [-0.05, 0) is 25.3 Å². The molecule has 1 unspecified atom stereocenters. The third-order valence-corrected chi connectivity index (χ3v) is 4.91. The molecule has 3 heterocycles. The van der Waals surface area contributed by atoms with Crippen LogP contribution in [0, 0.1) is 5.92 Å². The molecule has 0 N–H and O–H groups in total. The minimum atomic E-state index is 0.0540. The van der Waals surface area contributed by atoms with E-state index in [-0.39, 0.29) is 5.92 Å². The lowest BCUT2D eigenvalue weighted by Crippen LogP contribution is -2.39. The molecule has 1 aromatic rings. The smallest absolute Gasteiger partial charge is 0.230 e. The van der Waals surface area contributed by atoms with Crippen LogP contribution in [0.25, 0.3) is 4.91 Å². The van der Waals surface area contributed by atoms with Crippen LogP contribution in [0.3, 0.4) is 0 Å². The summed E-state index contributed by atoms with van der Waals surface area (Å²) in [5.41, 5.74) is 1.13. The van der Waals surface area contributed by atoms with Gasteiger partial charge >= 0.3 is 0 Å². The molecule has 0 radical (unpaired) electrons. The van der Waals surface area contributed by atoms with E-state index in [1.165, 1.54) is 11.3 Å². The van der Waals surface area contributed by atoms with Crippen molar-refractivity contribution < 1.29 is 4.79 Å². The van der Waals surface area contributed by atoms with Gasteiger partial charge in [0.15, 0.2) is 0 Å². The third kappa shape index (κ3) is 2.84. The average Bonchev–Trinajstić information content (AvgIpc) is 2.98. The van der Waals surface area contributed by atoms with Gasteiger partial charge in [-0.15, -0.1) is 11.8 Å². The molecule has 2 aliphatic rings. The Bertz CT molecular complexity index is 480. The van der Waals surface area contributed by atoms with E-state index in [1.54, 1.807) is 18.0 Å². The Hall–Kier alpha value is -1.29. The molecule has 1 aromatic heterocycles. The van der Waals surface area contributed by atoms with Gasteiger partial charge in [0.1, 0.15) is 0 Å². The van der Waals surface area contributed by atoms with Gasteiger partial charge in [0.05, 0.1) is 5.92 Å². The van der Waals surface area contributed by atoms with Gasteiger partial charge in [-0.3, -0.25) is 9.78 Å². The van der Waals surface area contributed by atoms with Gasteiger partial charge in [0.2, 0.25) is 5.91 Å². The van der Waals surface area contributed by atoms with Crippen LogP contribution in [0.1, 0.15) is 24.8 Å². The Kier molecular flexibility index (Phi) is 3.87. The molecule has 100 valence electrons. The molecular weight excluding hydrogens is 256 g/mol. The van der Waals surface area contributed by atoms with E-state index < -0.39 is 0 Å². The molecule has 19 heavy (non-hydrogen) atoms. The molecule has 3 nitrogen and oxygen atoms in total.